The van der Waals surface area contributed by atoms with Gasteiger partial charge in [-0.05, 0) is 31.2 Å². The molecule has 1 aliphatic rings. The van der Waals surface area contributed by atoms with E-state index < -0.39 is 0 Å². The Kier molecular flexibility index (Phi) is 3.39. The predicted molar refractivity (Wildman–Crippen MR) is 95.9 cm³/mol. The first-order valence-corrected chi connectivity index (χ1v) is 7.94. The van der Waals surface area contributed by atoms with Crippen LogP contribution in [0.5, 0.6) is 5.75 Å². The zero-order chi connectivity index (χ0) is 17.6. The van der Waals surface area contributed by atoms with Crippen LogP contribution in [0.25, 0.3) is 0 Å². The lowest BCUT2D eigenvalue weighted by molar-refractivity contribution is 0.0977. The molecule has 122 valence electrons. The second-order valence-corrected chi connectivity index (χ2v) is 6.08. The van der Waals surface area contributed by atoms with Crippen molar-refractivity contribution in [3.8, 4) is 5.75 Å². The number of anilines is 2. The van der Waals surface area contributed by atoms with Gasteiger partial charge < -0.3 is 10.4 Å². The molecule has 3 aromatic carbocycles. The molecule has 4 heteroatoms. The molecular formula is C21H15NO3. The van der Waals surface area contributed by atoms with Gasteiger partial charge in [0.2, 0.25) is 0 Å². The second-order valence-electron chi connectivity index (χ2n) is 6.08. The number of aryl methyl sites for hydroxylation is 1. The fraction of sp³-hybridized carbons (Fsp3) is 0.0476. The first-order chi connectivity index (χ1) is 12.1. The van der Waals surface area contributed by atoms with Crippen molar-refractivity contribution in [2.75, 3.05) is 5.32 Å². The highest BCUT2D eigenvalue weighted by Crippen LogP contribution is 2.37. The van der Waals surface area contributed by atoms with E-state index in [-0.39, 0.29) is 28.4 Å². The van der Waals surface area contributed by atoms with Crippen molar-refractivity contribution in [1.82, 2.24) is 0 Å². The Morgan fingerprint density at radius 1 is 0.760 bits per heavy atom. The Morgan fingerprint density at radius 2 is 1.36 bits per heavy atom. The fourth-order valence-corrected chi connectivity index (χ4v) is 3.10. The molecule has 0 saturated carbocycles. The SMILES string of the molecule is Cc1ccc(Nc2ccc(O)c3c2C(=O)c2ccccc2C3=O)cc1. The number of nitrogens with one attached hydrogen (secondary N) is 1. The molecule has 0 unspecified atom stereocenters. The van der Waals surface area contributed by atoms with Crippen molar-refractivity contribution < 1.29 is 14.7 Å². The second kappa shape index (κ2) is 5.60. The van der Waals surface area contributed by atoms with E-state index in [1.807, 2.05) is 31.2 Å². The summed E-state index contributed by atoms with van der Waals surface area (Å²) in [5.41, 5.74) is 3.38. The monoisotopic (exact) mass is 329 g/mol. The lowest BCUT2D eigenvalue weighted by Crippen LogP contribution is -2.22. The van der Waals surface area contributed by atoms with Crippen LogP contribution in [0.1, 0.15) is 37.4 Å². The van der Waals surface area contributed by atoms with Gasteiger partial charge in [0.05, 0.1) is 16.8 Å². The van der Waals surface area contributed by atoms with Gasteiger partial charge in [-0.3, -0.25) is 9.59 Å². The van der Waals surface area contributed by atoms with Gasteiger partial charge in [0.1, 0.15) is 5.75 Å². The molecule has 0 aromatic heterocycles. The van der Waals surface area contributed by atoms with E-state index in [1.165, 1.54) is 6.07 Å². The molecule has 0 fully saturated rings. The summed E-state index contributed by atoms with van der Waals surface area (Å²) in [5.74, 6) is -0.789. The number of phenolic OH excluding ortho intramolecular Hbond substituents is 1. The van der Waals surface area contributed by atoms with Crippen molar-refractivity contribution in [2.24, 2.45) is 0 Å². The van der Waals surface area contributed by atoms with Crippen LogP contribution < -0.4 is 5.32 Å². The third-order valence-electron chi connectivity index (χ3n) is 4.38. The molecule has 0 bridgehead atoms. The smallest absolute Gasteiger partial charge is 0.198 e. The Hall–Kier alpha value is -3.40. The van der Waals surface area contributed by atoms with Gasteiger partial charge in [0.25, 0.3) is 0 Å². The molecule has 4 rings (SSSR count). The number of rotatable bonds is 2. The molecule has 0 radical (unpaired) electrons. The average molecular weight is 329 g/mol. The average Bonchev–Trinajstić information content (AvgIpc) is 2.63. The van der Waals surface area contributed by atoms with E-state index in [0.717, 1.165) is 11.3 Å². The molecule has 25 heavy (non-hydrogen) atoms. The molecule has 4 nitrogen and oxygen atoms in total. The van der Waals surface area contributed by atoms with Gasteiger partial charge in [-0.15, -0.1) is 0 Å². The summed E-state index contributed by atoms with van der Waals surface area (Å²) in [6, 6.07) is 17.5. The van der Waals surface area contributed by atoms with Gasteiger partial charge in [-0.25, -0.2) is 0 Å². The molecule has 0 saturated heterocycles. The number of phenols is 1. The molecule has 1 aliphatic carbocycles. The minimum Gasteiger partial charge on any atom is -0.507 e. The summed E-state index contributed by atoms with van der Waals surface area (Å²) < 4.78 is 0. The molecule has 0 atom stereocenters. The first kappa shape index (κ1) is 15.1. The molecule has 2 N–H and O–H groups in total. The topological polar surface area (TPSA) is 66.4 Å². The van der Waals surface area contributed by atoms with Gasteiger partial charge in [-0.2, -0.15) is 0 Å². The van der Waals surface area contributed by atoms with E-state index in [0.29, 0.717) is 16.8 Å². The molecule has 0 aliphatic heterocycles. The number of aromatic hydroxyl groups is 1. The van der Waals surface area contributed by atoms with E-state index in [9.17, 15) is 14.7 Å². The van der Waals surface area contributed by atoms with Gasteiger partial charge in [0.15, 0.2) is 11.6 Å². The Labute approximate surface area is 144 Å². The molecule has 0 heterocycles. The number of hydrogen-bond donors (Lipinski definition) is 2. The third-order valence-corrected chi connectivity index (χ3v) is 4.38. The first-order valence-electron chi connectivity index (χ1n) is 7.94. The van der Waals surface area contributed by atoms with E-state index in [2.05, 4.69) is 5.32 Å². The van der Waals surface area contributed by atoms with E-state index in [4.69, 9.17) is 0 Å². The summed E-state index contributed by atoms with van der Waals surface area (Å²) >= 11 is 0. The maximum Gasteiger partial charge on any atom is 0.198 e. The fourth-order valence-electron chi connectivity index (χ4n) is 3.10. The summed E-state index contributed by atoms with van der Waals surface area (Å²) in [6.07, 6.45) is 0. The van der Waals surface area contributed by atoms with Crippen molar-refractivity contribution in [1.29, 1.82) is 0 Å². The normalized spacial score (nSPS) is 12.5. The van der Waals surface area contributed by atoms with Crippen LogP contribution in [0.2, 0.25) is 0 Å². The molecule has 3 aromatic rings. The lowest BCUT2D eigenvalue weighted by atomic mass is 9.82. The number of fused-ring (bicyclic) bond motifs is 2. The maximum atomic E-state index is 13.0. The van der Waals surface area contributed by atoms with Crippen LogP contribution in [0.3, 0.4) is 0 Å². The maximum absolute atomic E-state index is 13.0. The highest BCUT2D eigenvalue weighted by Gasteiger charge is 2.33. The van der Waals surface area contributed by atoms with Crippen molar-refractivity contribution >= 4 is 22.9 Å². The van der Waals surface area contributed by atoms with Gasteiger partial charge in [-0.1, -0.05) is 42.0 Å². The lowest BCUT2D eigenvalue weighted by Gasteiger charge is -2.21. The van der Waals surface area contributed by atoms with Crippen molar-refractivity contribution in [3.05, 3.63) is 88.5 Å². The largest absolute Gasteiger partial charge is 0.507 e. The minimum absolute atomic E-state index is 0.0563. The van der Waals surface area contributed by atoms with Crippen molar-refractivity contribution in [2.45, 2.75) is 6.92 Å². The summed E-state index contributed by atoms with van der Waals surface area (Å²) in [7, 11) is 0. The van der Waals surface area contributed by atoms with E-state index >= 15 is 0 Å². The standard InChI is InChI=1S/C21H15NO3/c1-12-6-8-13(9-7-12)22-16-10-11-17(23)19-18(16)20(24)14-4-2-3-5-15(14)21(19)25/h2-11,22-23H,1H3. The van der Waals surface area contributed by atoms with Crippen LogP contribution in [-0.4, -0.2) is 16.7 Å². The van der Waals surface area contributed by atoms with Gasteiger partial charge in [0, 0.05) is 16.8 Å². The van der Waals surface area contributed by atoms with Crippen LogP contribution in [0.4, 0.5) is 11.4 Å². The van der Waals surface area contributed by atoms with Gasteiger partial charge >= 0.3 is 0 Å². The number of hydrogen-bond acceptors (Lipinski definition) is 4. The molecular weight excluding hydrogens is 314 g/mol. The summed E-state index contributed by atoms with van der Waals surface area (Å²) in [6.45, 7) is 1.99. The Morgan fingerprint density at radius 3 is 2.00 bits per heavy atom. The quantitative estimate of drug-likeness (QED) is 0.540. The number of carbonyl (C=O) groups is 2. The highest BCUT2D eigenvalue weighted by atomic mass is 16.3. The molecule has 0 amide bonds. The number of ketones is 2. The summed E-state index contributed by atoms with van der Waals surface area (Å²) in [5, 5.41) is 13.4. The van der Waals surface area contributed by atoms with Crippen LogP contribution in [-0.2, 0) is 0 Å². The van der Waals surface area contributed by atoms with Crippen LogP contribution in [0.15, 0.2) is 60.7 Å². The molecule has 0 spiro atoms. The zero-order valence-corrected chi connectivity index (χ0v) is 13.5. The summed E-state index contributed by atoms with van der Waals surface area (Å²) in [4.78, 5) is 25.8. The van der Waals surface area contributed by atoms with Crippen LogP contribution in [0, 0.1) is 6.92 Å². The number of benzene rings is 3. The zero-order valence-electron chi connectivity index (χ0n) is 13.5. The highest BCUT2D eigenvalue weighted by molar-refractivity contribution is 6.31. The number of carbonyl (C=O) groups excluding carboxylic acids is 2. The van der Waals surface area contributed by atoms with E-state index in [1.54, 1.807) is 30.3 Å². The van der Waals surface area contributed by atoms with Crippen LogP contribution >= 0.6 is 0 Å². The third kappa shape index (κ3) is 2.39. The predicted octanol–water partition coefficient (Wildman–Crippen LogP) is 4.22. The Bertz CT molecular complexity index is 1020. The minimum atomic E-state index is -0.338. The Balaban J connectivity index is 1.88. The van der Waals surface area contributed by atoms with Crippen molar-refractivity contribution in [3.63, 3.8) is 0 Å².